The molecule has 9 heteroatoms. The Balaban J connectivity index is 1.44. The zero-order valence-corrected chi connectivity index (χ0v) is 20.0. The highest BCUT2D eigenvalue weighted by molar-refractivity contribution is 7.99. The van der Waals surface area contributed by atoms with E-state index < -0.39 is 10.0 Å². The molecule has 0 atom stereocenters. The Labute approximate surface area is 193 Å². The van der Waals surface area contributed by atoms with E-state index in [4.69, 9.17) is 0 Å². The minimum Gasteiger partial charge on any atom is -0.347 e. The topological polar surface area (TPSA) is 69.7 Å². The Morgan fingerprint density at radius 3 is 2.42 bits per heavy atom. The van der Waals surface area contributed by atoms with Gasteiger partial charge in [0.15, 0.2) is 0 Å². The number of hydrogen-bond acceptors (Lipinski definition) is 6. The van der Waals surface area contributed by atoms with Gasteiger partial charge in [0.2, 0.25) is 10.0 Å². The number of rotatable bonds is 7. The van der Waals surface area contributed by atoms with Gasteiger partial charge in [0.05, 0.1) is 0 Å². The average molecular weight is 480 g/mol. The summed E-state index contributed by atoms with van der Waals surface area (Å²) in [4.78, 5) is 15.8. The molecular formula is C22H29N3O3S3. The summed E-state index contributed by atoms with van der Waals surface area (Å²) in [5, 5.41) is 4.65. The highest BCUT2D eigenvalue weighted by Gasteiger charge is 2.31. The van der Waals surface area contributed by atoms with Crippen LogP contribution in [0.3, 0.4) is 0 Å². The fourth-order valence-corrected chi connectivity index (χ4v) is 7.98. The molecule has 168 valence electrons. The molecule has 4 rings (SSSR count). The molecule has 0 bridgehead atoms. The van der Waals surface area contributed by atoms with Gasteiger partial charge in [-0.1, -0.05) is 30.7 Å². The minimum atomic E-state index is -3.64. The second kappa shape index (κ2) is 10.5. The van der Waals surface area contributed by atoms with E-state index in [-0.39, 0.29) is 15.7 Å². The third-order valence-corrected chi connectivity index (χ3v) is 9.75. The highest BCUT2D eigenvalue weighted by Crippen LogP contribution is 2.27. The summed E-state index contributed by atoms with van der Waals surface area (Å²) in [5.41, 5.74) is 2.30. The molecule has 0 aliphatic carbocycles. The predicted molar refractivity (Wildman–Crippen MR) is 127 cm³/mol. The van der Waals surface area contributed by atoms with Crippen LogP contribution in [0.2, 0.25) is 0 Å². The van der Waals surface area contributed by atoms with Gasteiger partial charge in [-0.15, -0.1) is 11.3 Å². The summed E-state index contributed by atoms with van der Waals surface area (Å²) in [5.74, 6) is 1.25. The lowest BCUT2D eigenvalue weighted by Gasteiger charge is -2.27. The third-order valence-electron chi connectivity index (χ3n) is 5.82. The van der Waals surface area contributed by atoms with Crippen molar-refractivity contribution in [2.45, 2.75) is 37.2 Å². The van der Waals surface area contributed by atoms with Crippen molar-refractivity contribution in [3.63, 3.8) is 0 Å². The first-order valence-corrected chi connectivity index (χ1v) is 14.3. The number of piperidine rings is 1. The summed E-state index contributed by atoms with van der Waals surface area (Å²) in [6.07, 6.45) is 3.78. The molecule has 0 unspecified atom stereocenters. The first kappa shape index (κ1) is 22.8. The fourth-order valence-electron chi connectivity index (χ4n) is 4.09. The molecule has 1 amide bonds. The Bertz CT molecular complexity index is 994. The van der Waals surface area contributed by atoms with Crippen LogP contribution in [-0.4, -0.2) is 61.2 Å². The van der Waals surface area contributed by atoms with E-state index in [1.165, 1.54) is 40.5 Å². The molecule has 2 fully saturated rings. The summed E-state index contributed by atoms with van der Waals surface area (Å²) in [6.45, 7) is 4.50. The number of hydrogen-bond donors (Lipinski definition) is 1. The lowest BCUT2D eigenvalue weighted by atomic mass is 10.0. The van der Waals surface area contributed by atoms with Crippen molar-refractivity contribution in [1.29, 1.82) is 0 Å². The van der Waals surface area contributed by atoms with Crippen molar-refractivity contribution in [1.82, 2.24) is 14.5 Å². The number of carbonyl (C=O) groups is 1. The number of thiophene rings is 1. The highest BCUT2D eigenvalue weighted by atomic mass is 32.2. The van der Waals surface area contributed by atoms with E-state index in [2.05, 4.69) is 16.3 Å². The number of thioether (sulfide) groups is 1. The van der Waals surface area contributed by atoms with Gasteiger partial charge >= 0.3 is 0 Å². The molecule has 0 saturated carbocycles. The van der Waals surface area contributed by atoms with E-state index in [0.29, 0.717) is 19.6 Å². The third kappa shape index (κ3) is 5.51. The van der Waals surface area contributed by atoms with E-state index in [9.17, 15) is 13.2 Å². The predicted octanol–water partition coefficient (Wildman–Crippen LogP) is 3.40. The maximum Gasteiger partial charge on any atom is 0.263 e. The van der Waals surface area contributed by atoms with Gasteiger partial charge in [-0.3, -0.25) is 9.69 Å². The molecule has 6 nitrogen and oxygen atoms in total. The van der Waals surface area contributed by atoms with Crippen LogP contribution in [0.5, 0.6) is 0 Å². The van der Waals surface area contributed by atoms with Gasteiger partial charge < -0.3 is 5.32 Å². The van der Waals surface area contributed by atoms with Crippen molar-refractivity contribution >= 4 is 39.0 Å². The number of likely N-dealkylation sites (tertiary alicyclic amines) is 1. The van der Waals surface area contributed by atoms with Crippen LogP contribution < -0.4 is 5.32 Å². The van der Waals surface area contributed by atoms with Crippen LogP contribution in [0.1, 0.15) is 40.1 Å². The van der Waals surface area contributed by atoms with Gasteiger partial charge in [0, 0.05) is 37.7 Å². The van der Waals surface area contributed by atoms with E-state index in [1.54, 1.807) is 23.2 Å². The number of nitrogens with one attached hydrogen (secondary N) is 1. The molecule has 2 saturated heterocycles. The van der Waals surface area contributed by atoms with Crippen molar-refractivity contribution in [3.8, 4) is 0 Å². The number of carbonyl (C=O) groups excluding carboxylic acids is 1. The molecule has 1 N–H and O–H groups in total. The van der Waals surface area contributed by atoms with Crippen molar-refractivity contribution in [3.05, 3.63) is 51.7 Å². The molecule has 31 heavy (non-hydrogen) atoms. The Morgan fingerprint density at radius 2 is 1.68 bits per heavy atom. The normalized spacial score (nSPS) is 18.7. The van der Waals surface area contributed by atoms with Crippen molar-refractivity contribution in [2.24, 2.45) is 0 Å². The van der Waals surface area contributed by atoms with E-state index in [0.717, 1.165) is 36.7 Å². The molecule has 3 heterocycles. The second-order valence-electron chi connectivity index (χ2n) is 7.92. The monoisotopic (exact) mass is 479 g/mol. The number of nitrogens with zero attached hydrogens (tertiary/aromatic N) is 2. The van der Waals surface area contributed by atoms with Gasteiger partial charge in [0.25, 0.3) is 5.91 Å². The number of amides is 1. The van der Waals surface area contributed by atoms with E-state index in [1.807, 2.05) is 18.2 Å². The van der Waals surface area contributed by atoms with E-state index >= 15 is 0 Å². The van der Waals surface area contributed by atoms with Crippen LogP contribution in [-0.2, 0) is 23.1 Å². The molecule has 2 aliphatic rings. The molecule has 1 aromatic heterocycles. The zero-order valence-electron chi connectivity index (χ0n) is 17.6. The fraction of sp³-hybridized carbons (Fsp3) is 0.500. The molecule has 2 aromatic rings. The molecule has 0 radical (unpaired) electrons. The van der Waals surface area contributed by atoms with Crippen LogP contribution in [0.25, 0.3) is 0 Å². The lowest BCUT2D eigenvalue weighted by Crippen LogP contribution is -2.38. The smallest absolute Gasteiger partial charge is 0.263 e. The number of sulfonamides is 1. The lowest BCUT2D eigenvalue weighted by molar-refractivity contribution is 0.0951. The first-order valence-electron chi connectivity index (χ1n) is 10.8. The SMILES string of the molecule is O=C(NCc1ccccc1CN1CCCCC1)c1sccc1S(=O)(=O)N1CCSCC1. The zero-order chi connectivity index (χ0) is 21.7. The molecule has 2 aliphatic heterocycles. The van der Waals surface area contributed by atoms with Gasteiger partial charge in [-0.05, 0) is 48.5 Å². The molecular weight excluding hydrogens is 450 g/mol. The maximum atomic E-state index is 13.1. The van der Waals surface area contributed by atoms with Crippen LogP contribution in [0.4, 0.5) is 0 Å². The minimum absolute atomic E-state index is 0.128. The Hall–Kier alpha value is -1.39. The number of benzene rings is 1. The second-order valence-corrected chi connectivity index (χ2v) is 12.0. The average Bonchev–Trinajstić information content (AvgIpc) is 3.31. The van der Waals surface area contributed by atoms with Crippen LogP contribution >= 0.6 is 23.1 Å². The standard InChI is InChI=1S/C22H29N3O3S3/c26-22(21-20(8-13-30-21)31(27,28)25-11-14-29-15-12-25)23-16-18-6-2-3-7-19(18)17-24-9-4-1-5-10-24/h2-3,6-8,13H,1,4-5,9-12,14-17H2,(H,23,26). The molecule has 0 spiro atoms. The summed E-state index contributed by atoms with van der Waals surface area (Å²) < 4.78 is 27.6. The van der Waals surface area contributed by atoms with Crippen LogP contribution in [0.15, 0.2) is 40.6 Å². The van der Waals surface area contributed by atoms with Crippen molar-refractivity contribution < 1.29 is 13.2 Å². The summed E-state index contributed by atoms with van der Waals surface area (Å²) in [6, 6.07) is 9.73. The maximum absolute atomic E-state index is 13.1. The van der Waals surface area contributed by atoms with Crippen molar-refractivity contribution in [2.75, 3.05) is 37.7 Å². The Kier molecular flexibility index (Phi) is 7.71. The largest absolute Gasteiger partial charge is 0.347 e. The Morgan fingerprint density at radius 1 is 0.968 bits per heavy atom. The first-order chi connectivity index (χ1) is 15.1. The quantitative estimate of drug-likeness (QED) is 0.659. The van der Waals surface area contributed by atoms with Gasteiger partial charge in [-0.25, -0.2) is 8.42 Å². The van der Waals surface area contributed by atoms with Gasteiger partial charge in [-0.2, -0.15) is 16.1 Å². The summed E-state index contributed by atoms with van der Waals surface area (Å²) >= 11 is 2.94. The van der Waals surface area contributed by atoms with Crippen LogP contribution in [0, 0.1) is 0 Å². The molecule has 1 aromatic carbocycles. The van der Waals surface area contributed by atoms with Gasteiger partial charge in [0.1, 0.15) is 9.77 Å². The summed E-state index contributed by atoms with van der Waals surface area (Å²) in [7, 11) is -3.64.